The highest BCUT2D eigenvalue weighted by atomic mass is 35.5. The van der Waals surface area contributed by atoms with Gasteiger partial charge in [-0.2, -0.15) is 0 Å². The number of fused-ring (bicyclic) bond motifs is 1. The van der Waals surface area contributed by atoms with Gasteiger partial charge in [0.25, 0.3) is 0 Å². The first-order valence-corrected chi connectivity index (χ1v) is 9.87. The van der Waals surface area contributed by atoms with E-state index in [9.17, 15) is 4.79 Å². The lowest BCUT2D eigenvalue weighted by Gasteiger charge is -2.09. The molecule has 0 bridgehead atoms. The molecule has 0 fully saturated rings. The van der Waals surface area contributed by atoms with Gasteiger partial charge >= 0.3 is 5.97 Å². The first-order valence-electron chi connectivity index (χ1n) is 9.11. The molecule has 7 heteroatoms. The summed E-state index contributed by atoms with van der Waals surface area (Å²) in [5.41, 5.74) is 2.26. The topological polar surface area (TPSA) is 55.6 Å². The van der Waals surface area contributed by atoms with Crippen LogP contribution < -0.4 is 0 Å². The average molecular weight is 421 g/mol. The summed E-state index contributed by atoms with van der Waals surface area (Å²) in [4.78, 5) is 18.8. The summed E-state index contributed by atoms with van der Waals surface area (Å²) in [6, 6.07) is 10.2. The van der Waals surface area contributed by atoms with Crippen LogP contribution in [0.25, 0.3) is 22.6 Å². The van der Waals surface area contributed by atoms with Gasteiger partial charge in [-0.3, -0.25) is 0 Å². The standard InChI is InChI=1S/C21H22Cl2N2O3/c1-25(2)8-4-3-5-9-27-21(26)14-6-7-18-19(12-14)28-20(24-18)15-10-16(22)13-17(23)11-15/h6-7,10-13H,3-5,8-9H2,1-2H3. The van der Waals surface area contributed by atoms with Gasteiger partial charge in [0.05, 0.1) is 12.2 Å². The third-order valence-electron chi connectivity index (χ3n) is 4.22. The molecule has 1 aromatic heterocycles. The molecule has 0 saturated carbocycles. The third kappa shape index (κ3) is 5.47. The second-order valence-electron chi connectivity index (χ2n) is 6.86. The first-order chi connectivity index (χ1) is 13.4. The largest absolute Gasteiger partial charge is 0.462 e. The third-order valence-corrected chi connectivity index (χ3v) is 4.65. The van der Waals surface area contributed by atoms with E-state index in [0.717, 1.165) is 25.8 Å². The molecule has 0 spiro atoms. The van der Waals surface area contributed by atoms with Crippen LogP contribution in [-0.2, 0) is 4.74 Å². The molecule has 148 valence electrons. The van der Waals surface area contributed by atoms with Crippen molar-refractivity contribution >= 4 is 40.3 Å². The number of nitrogens with zero attached hydrogens (tertiary/aromatic N) is 2. The van der Waals surface area contributed by atoms with Crippen molar-refractivity contribution in [3.8, 4) is 11.5 Å². The van der Waals surface area contributed by atoms with E-state index in [2.05, 4.69) is 9.88 Å². The zero-order valence-electron chi connectivity index (χ0n) is 15.9. The van der Waals surface area contributed by atoms with Gasteiger partial charge in [0, 0.05) is 15.6 Å². The molecule has 0 saturated heterocycles. The van der Waals surface area contributed by atoms with Crippen molar-refractivity contribution in [3.05, 3.63) is 52.0 Å². The number of unbranched alkanes of at least 4 members (excludes halogenated alkanes) is 2. The maximum atomic E-state index is 12.3. The molecular formula is C21H22Cl2N2O3. The second-order valence-corrected chi connectivity index (χ2v) is 7.73. The molecule has 5 nitrogen and oxygen atoms in total. The van der Waals surface area contributed by atoms with Crippen molar-refractivity contribution in [2.75, 3.05) is 27.2 Å². The van der Waals surface area contributed by atoms with Crippen LogP contribution in [0.3, 0.4) is 0 Å². The van der Waals surface area contributed by atoms with Crippen LogP contribution in [0.2, 0.25) is 10.0 Å². The lowest BCUT2D eigenvalue weighted by Crippen LogP contribution is -2.13. The molecule has 0 N–H and O–H groups in total. The fraction of sp³-hybridized carbons (Fsp3) is 0.333. The molecule has 2 aromatic carbocycles. The molecular weight excluding hydrogens is 399 g/mol. The van der Waals surface area contributed by atoms with E-state index in [1.807, 2.05) is 14.1 Å². The van der Waals surface area contributed by atoms with Crippen molar-refractivity contribution in [1.82, 2.24) is 9.88 Å². The molecule has 0 atom stereocenters. The van der Waals surface area contributed by atoms with Crippen molar-refractivity contribution in [2.45, 2.75) is 19.3 Å². The number of aromatic nitrogens is 1. The van der Waals surface area contributed by atoms with Gasteiger partial charge in [0.2, 0.25) is 5.89 Å². The Balaban J connectivity index is 1.64. The number of ether oxygens (including phenoxy) is 1. The summed E-state index contributed by atoms with van der Waals surface area (Å²) in [5.74, 6) is 0.0315. The molecule has 0 unspecified atom stereocenters. The summed E-state index contributed by atoms with van der Waals surface area (Å²) in [6.07, 6.45) is 2.97. The SMILES string of the molecule is CN(C)CCCCCOC(=O)c1ccc2nc(-c3cc(Cl)cc(Cl)c3)oc2c1. The average Bonchev–Trinajstić information content (AvgIpc) is 3.06. The zero-order valence-corrected chi connectivity index (χ0v) is 17.4. The lowest BCUT2D eigenvalue weighted by molar-refractivity contribution is 0.0497. The summed E-state index contributed by atoms with van der Waals surface area (Å²) in [7, 11) is 4.10. The molecule has 0 radical (unpaired) electrons. The van der Waals surface area contributed by atoms with E-state index in [-0.39, 0.29) is 5.97 Å². The monoisotopic (exact) mass is 420 g/mol. The Labute approximate surface area is 174 Å². The minimum absolute atomic E-state index is 0.363. The van der Waals surface area contributed by atoms with E-state index in [1.54, 1.807) is 36.4 Å². The van der Waals surface area contributed by atoms with Gasteiger partial charge in [-0.1, -0.05) is 23.2 Å². The van der Waals surface area contributed by atoms with E-state index in [1.165, 1.54) is 0 Å². The summed E-state index contributed by atoms with van der Waals surface area (Å²) in [6.45, 7) is 1.45. The molecule has 1 heterocycles. The van der Waals surface area contributed by atoms with E-state index >= 15 is 0 Å². The number of halogens is 2. The van der Waals surface area contributed by atoms with Crippen LogP contribution in [-0.4, -0.2) is 43.1 Å². The van der Waals surface area contributed by atoms with Crippen molar-refractivity contribution in [1.29, 1.82) is 0 Å². The Morgan fingerprint density at radius 3 is 2.54 bits per heavy atom. The maximum Gasteiger partial charge on any atom is 0.338 e. The summed E-state index contributed by atoms with van der Waals surface area (Å²) in [5, 5.41) is 0.999. The zero-order chi connectivity index (χ0) is 20.1. The van der Waals surface area contributed by atoms with E-state index < -0.39 is 0 Å². The van der Waals surface area contributed by atoms with Crippen LogP contribution in [0.5, 0.6) is 0 Å². The predicted octanol–water partition coefficient (Wildman–Crippen LogP) is 5.69. The van der Waals surface area contributed by atoms with Crippen LogP contribution in [0.15, 0.2) is 40.8 Å². The smallest absolute Gasteiger partial charge is 0.338 e. The fourth-order valence-electron chi connectivity index (χ4n) is 2.81. The molecule has 0 amide bonds. The Morgan fingerprint density at radius 1 is 1.07 bits per heavy atom. The highest BCUT2D eigenvalue weighted by Gasteiger charge is 2.13. The summed E-state index contributed by atoms with van der Waals surface area (Å²) >= 11 is 12.1. The Kier molecular flexibility index (Phi) is 6.94. The van der Waals surface area contributed by atoms with Gasteiger partial charge < -0.3 is 14.1 Å². The minimum atomic E-state index is -0.363. The van der Waals surface area contributed by atoms with Gasteiger partial charge in [-0.25, -0.2) is 9.78 Å². The normalized spacial score (nSPS) is 11.3. The Hall–Kier alpha value is -2.08. The molecule has 0 aliphatic heterocycles. The number of carbonyl (C=O) groups excluding carboxylic acids is 1. The second kappa shape index (κ2) is 9.41. The van der Waals surface area contributed by atoms with Crippen LogP contribution in [0.1, 0.15) is 29.6 Å². The lowest BCUT2D eigenvalue weighted by atomic mass is 10.2. The predicted molar refractivity (Wildman–Crippen MR) is 112 cm³/mol. The molecule has 3 rings (SSSR count). The number of oxazole rings is 1. The van der Waals surface area contributed by atoms with Gasteiger partial charge in [0.1, 0.15) is 5.52 Å². The van der Waals surface area contributed by atoms with Crippen LogP contribution >= 0.6 is 23.2 Å². The van der Waals surface area contributed by atoms with Crippen molar-refractivity contribution < 1.29 is 13.9 Å². The number of esters is 1. The molecule has 28 heavy (non-hydrogen) atoms. The Bertz CT molecular complexity index is 949. The number of hydrogen-bond donors (Lipinski definition) is 0. The van der Waals surface area contributed by atoms with Crippen LogP contribution in [0.4, 0.5) is 0 Å². The highest BCUT2D eigenvalue weighted by molar-refractivity contribution is 6.35. The summed E-state index contributed by atoms with van der Waals surface area (Å²) < 4.78 is 11.2. The van der Waals surface area contributed by atoms with Gasteiger partial charge in [-0.05, 0) is 76.3 Å². The molecule has 3 aromatic rings. The maximum absolute atomic E-state index is 12.3. The number of rotatable bonds is 8. The van der Waals surface area contributed by atoms with E-state index in [0.29, 0.717) is 44.8 Å². The van der Waals surface area contributed by atoms with E-state index in [4.69, 9.17) is 32.4 Å². The quantitative estimate of drug-likeness (QED) is 0.346. The first kappa shape index (κ1) is 20.6. The number of carbonyl (C=O) groups is 1. The van der Waals surface area contributed by atoms with Gasteiger partial charge in [-0.15, -0.1) is 0 Å². The minimum Gasteiger partial charge on any atom is -0.462 e. The van der Waals surface area contributed by atoms with Crippen molar-refractivity contribution in [2.24, 2.45) is 0 Å². The molecule has 0 aliphatic carbocycles. The molecule has 0 aliphatic rings. The fourth-order valence-corrected chi connectivity index (χ4v) is 3.33. The number of hydrogen-bond acceptors (Lipinski definition) is 5. The van der Waals surface area contributed by atoms with Crippen LogP contribution in [0, 0.1) is 0 Å². The number of benzene rings is 2. The highest BCUT2D eigenvalue weighted by Crippen LogP contribution is 2.29. The van der Waals surface area contributed by atoms with Crippen molar-refractivity contribution in [3.63, 3.8) is 0 Å². The Morgan fingerprint density at radius 2 is 1.82 bits per heavy atom. The van der Waals surface area contributed by atoms with Gasteiger partial charge in [0.15, 0.2) is 5.58 Å².